The first-order chi connectivity index (χ1) is 7.24. The number of benzene rings is 1. The molecule has 0 aliphatic carbocycles. The highest BCUT2D eigenvalue weighted by atomic mass is 16.4. The van der Waals surface area contributed by atoms with E-state index in [1.165, 1.54) is 0 Å². The molecule has 0 saturated heterocycles. The Morgan fingerprint density at radius 1 is 1.33 bits per heavy atom. The first kappa shape index (κ1) is 11.7. The highest BCUT2D eigenvalue weighted by Crippen LogP contribution is 2.14. The van der Waals surface area contributed by atoms with E-state index in [9.17, 15) is 4.79 Å². The van der Waals surface area contributed by atoms with Crippen molar-refractivity contribution in [3.63, 3.8) is 0 Å². The molecule has 82 valence electrons. The molecule has 0 aliphatic heterocycles. The van der Waals surface area contributed by atoms with Crippen molar-refractivity contribution >= 4 is 5.97 Å². The molecule has 1 rings (SSSR count). The minimum absolute atomic E-state index is 0.309. The van der Waals surface area contributed by atoms with Crippen LogP contribution in [0, 0.1) is 5.92 Å². The van der Waals surface area contributed by atoms with Gasteiger partial charge in [0, 0.05) is 0 Å². The van der Waals surface area contributed by atoms with Crippen molar-refractivity contribution in [2.24, 2.45) is 11.7 Å². The average Bonchev–Trinajstić information content (AvgIpc) is 2.25. The minimum Gasteiger partial charge on any atom is -0.481 e. The summed E-state index contributed by atoms with van der Waals surface area (Å²) < 4.78 is 0. The molecule has 0 unspecified atom stereocenters. The second kappa shape index (κ2) is 6.19. The van der Waals surface area contributed by atoms with E-state index < -0.39 is 5.97 Å². The lowest BCUT2D eigenvalue weighted by atomic mass is 9.95. The molecule has 0 radical (unpaired) electrons. The normalized spacial score (nSPS) is 12.3. The molecule has 1 aromatic rings. The summed E-state index contributed by atoms with van der Waals surface area (Å²) in [6, 6.07) is 9.70. The molecule has 1 aromatic carbocycles. The van der Waals surface area contributed by atoms with Crippen LogP contribution in [0.4, 0.5) is 0 Å². The van der Waals surface area contributed by atoms with Crippen molar-refractivity contribution in [3.8, 4) is 0 Å². The Hall–Kier alpha value is -1.35. The summed E-state index contributed by atoms with van der Waals surface area (Å²) in [4.78, 5) is 11.0. The summed E-state index contributed by atoms with van der Waals surface area (Å²) in [6.45, 7) is 0.554. The van der Waals surface area contributed by atoms with Gasteiger partial charge in [-0.1, -0.05) is 30.3 Å². The standard InChI is InChI=1S/C12H17NO2/c13-8-4-7-11(12(14)15)9-10-5-2-1-3-6-10/h1-3,5-6,11H,4,7-9,13H2,(H,14,15)/t11-/m0/s1. The maximum absolute atomic E-state index is 11.0. The van der Waals surface area contributed by atoms with Crippen LogP contribution in [0.15, 0.2) is 30.3 Å². The van der Waals surface area contributed by atoms with Crippen LogP contribution in [0.5, 0.6) is 0 Å². The van der Waals surface area contributed by atoms with E-state index in [0.717, 1.165) is 12.0 Å². The minimum atomic E-state index is -0.729. The van der Waals surface area contributed by atoms with Crippen molar-refractivity contribution in [1.82, 2.24) is 0 Å². The maximum atomic E-state index is 11.0. The van der Waals surface area contributed by atoms with Gasteiger partial charge in [0.15, 0.2) is 0 Å². The molecule has 0 bridgehead atoms. The fraction of sp³-hybridized carbons (Fsp3) is 0.417. The Kier molecular flexibility index (Phi) is 4.84. The van der Waals surface area contributed by atoms with E-state index in [-0.39, 0.29) is 5.92 Å². The van der Waals surface area contributed by atoms with Gasteiger partial charge in [-0.25, -0.2) is 0 Å². The number of aliphatic carboxylic acids is 1. The van der Waals surface area contributed by atoms with Crippen LogP contribution in [-0.4, -0.2) is 17.6 Å². The number of hydrogen-bond donors (Lipinski definition) is 2. The van der Waals surface area contributed by atoms with Gasteiger partial charge in [-0.15, -0.1) is 0 Å². The number of nitrogens with two attached hydrogens (primary N) is 1. The summed E-state index contributed by atoms with van der Waals surface area (Å²) in [5.74, 6) is -1.04. The second-order valence-corrected chi connectivity index (χ2v) is 3.66. The Balaban J connectivity index is 2.55. The van der Waals surface area contributed by atoms with Gasteiger partial charge in [0.25, 0.3) is 0 Å². The summed E-state index contributed by atoms with van der Waals surface area (Å²) in [6.07, 6.45) is 2.01. The zero-order chi connectivity index (χ0) is 11.1. The third kappa shape index (κ3) is 4.13. The molecule has 3 N–H and O–H groups in total. The molecule has 3 heteroatoms. The smallest absolute Gasteiger partial charge is 0.306 e. The van der Waals surface area contributed by atoms with E-state index in [4.69, 9.17) is 10.8 Å². The van der Waals surface area contributed by atoms with Gasteiger partial charge in [0.05, 0.1) is 5.92 Å². The molecule has 0 saturated carbocycles. The maximum Gasteiger partial charge on any atom is 0.306 e. The molecular formula is C12H17NO2. The lowest BCUT2D eigenvalue weighted by Crippen LogP contribution is -2.17. The largest absolute Gasteiger partial charge is 0.481 e. The lowest BCUT2D eigenvalue weighted by molar-refractivity contribution is -0.141. The molecule has 0 aromatic heterocycles. The SMILES string of the molecule is NCCC[C@@H](Cc1ccccc1)C(=O)O. The summed E-state index contributed by atoms with van der Waals surface area (Å²) in [5.41, 5.74) is 6.45. The molecule has 0 heterocycles. The third-order valence-electron chi connectivity index (χ3n) is 2.43. The first-order valence-corrected chi connectivity index (χ1v) is 5.21. The van der Waals surface area contributed by atoms with Gasteiger partial charge >= 0.3 is 5.97 Å². The molecule has 15 heavy (non-hydrogen) atoms. The van der Waals surface area contributed by atoms with Crippen molar-refractivity contribution < 1.29 is 9.90 Å². The van der Waals surface area contributed by atoms with Crippen LogP contribution in [0.2, 0.25) is 0 Å². The Labute approximate surface area is 89.9 Å². The second-order valence-electron chi connectivity index (χ2n) is 3.66. The van der Waals surface area contributed by atoms with Crippen LogP contribution in [0.1, 0.15) is 18.4 Å². The third-order valence-corrected chi connectivity index (χ3v) is 2.43. The van der Waals surface area contributed by atoms with Crippen LogP contribution in [0.3, 0.4) is 0 Å². The Bertz CT molecular complexity index is 298. The van der Waals surface area contributed by atoms with E-state index in [2.05, 4.69) is 0 Å². The highest BCUT2D eigenvalue weighted by molar-refractivity contribution is 5.70. The van der Waals surface area contributed by atoms with Gasteiger partial charge in [0.1, 0.15) is 0 Å². The highest BCUT2D eigenvalue weighted by Gasteiger charge is 2.16. The van der Waals surface area contributed by atoms with Gasteiger partial charge in [0.2, 0.25) is 0 Å². The zero-order valence-electron chi connectivity index (χ0n) is 8.73. The molecule has 0 amide bonds. The molecule has 0 aliphatic rings. The van der Waals surface area contributed by atoms with Crippen molar-refractivity contribution in [1.29, 1.82) is 0 Å². The number of carboxylic acid groups (broad SMARTS) is 1. The van der Waals surface area contributed by atoms with E-state index in [1.807, 2.05) is 30.3 Å². The van der Waals surface area contributed by atoms with E-state index >= 15 is 0 Å². The van der Waals surface area contributed by atoms with E-state index in [1.54, 1.807) is 0 Å². The van der Waals surface area contributed by atoms with Crippen molar-refractivity contribution in [3.05, 3.63) is 35.9 Å². The molecule has 3 nitrogen and oxygen atoms in total. The number of hydrogen-bond acceptors (Lipinski definition) is 2. The zero-order valence-corrected chi connectivity index (χ0v) is 8.73. The van der Waals surface area contributed by atoms with Gasteiger partial charge in [-0.3, -0.25) is 4.79 Å². The van der Waals surface area contributed by atoms with Crippen LogP contribution >= 0.6 is 0 Å². The van der Waals surface area contributed by atoms with Gasteiger partial charge in [-0.2, -0.15) is 0 Å². The molecule has 1 atom stereocenters. The Morgan fingerprint density at radius 2 is 2.00 bits per heavy atom. The topological polar surface area (TPSA) is 63.3 Å². The Morgan fingerprint density at radius 3 is 2.53 bits per heavy atom. The molecular weight excluding hydrogens is 190 g/mol. The predicted molar refractivity (Wildman–Crippen MR) is 59.6 cm³/mol. The summed E-state index contributed by atoms with van der Waals surface area (Å²) >= 11 is 0. The predicted octanol–water partition coefficient (Wildman–Crippen LogP) is 1.67. The summed E-state index contributed by atoms with van der Waals surface area (Å²) in [5, 5.41) is 9.02. The number of rotatable bonds is 6. The van der Waals surface area contributed by atoms with Crippen LogP contribution in [0.25, 0.3) is 0 Å². The summed E-state index contributed by atoms with van der Waals surface area (Å²) in [7, 11) is 0. The first-order valence-electron chi connectivity index (χ1n) is 5.21. The fourth-order valence-corrected chi connectivity index (χ4v) is 1.58. The monoisotopic (exact) mass is 207 g/mol. The number of carboxylic acids is 1. The quantitative estimate of drug-likeness (QED) is 0.745. The number of carbonyl (C=O) groups is 1. The van der Waals surface area contributed by atoms with Gasteiger partial charge < -0.3 is 10.8 Å². The van der Waals surface area contributed by atoms with Crippen molar-refractivity contribution in [2.45, 2.75) is 19.3 Å². The van der Waals surface area contributed by atoms with Crippen molar-refractivity contribution in [2.75, 3.05) is 6.54 Å². The average molecular weight is 207 g/mol. The van der Waals surface area contributed by atoms with Crippen LogP contribution in [-0.2, 0) is 11.2 Å². The van der Waals surface area contributed by atoms with Crippen LogP contribution < -0.4 is 5.73 Å². The van der Waals surface area contributed by atoms with E-state index in [0.29, 0.717) is 19.4 Å². The lowest BCUT2D eigenvalue weighted by Gasteiger charge is -2.11. The fourth-order valence-electron chi connectivity index (χ4n) is 1.58. The molecule has 0 spiro atoms. The molecule has 0 fully saturated rings. The van der Waals surface area contributed by atoms with Gasteiger partial charge in [-0.05, 0) is 31.4 Å².